The highest BCUT2D eigenvalue weighted by Crippen LogP contribution is 2.05. The summed E-state index contributed by atoms with van der Waals surface area (Å²) < 4.78 is 0. The molecule has 0 radical (unpaired) electrons. The summed E-state index contributed by atoms with van der Waals surface area (Å²) in [4.78, 5) is 34.9. The number of hydrogen-bond acceptors (Lipinski definition) is 3. The molecule has 0 aliphatic carbocycles. The summed E-state index contributed by atoms with van der Waals surface area (Å²) in [5, 5.41) is 11.4. The summed E-state index contributed by atoms with van der Waals surface area (Å²) in [6, 6.07) is -1.54. The van der Waals surface area contributed by atoms with Gasteiger partial charge in [0.2, 0.25) is 5.91 Å². The fraction of sp³-hybridized carbons (Fsp3) is 0.750. The van der Waals surface area contributed by atoms with Gasteiger partial charge < -0.3 is 21.1 Å². The number of carbonyl (C=O) groups excluding carboxylic acids is 2. The third-order valence-corrected chi connectivity index (χ3v) is 2.96. The van der Waals surface area contributed by atoms with E-state index in [0.717, 1.165) is 12.8 Å². The number of rotatable bonds is 8. The van der Waals surface area contributed by atoms with Gasteiger partial charge in [-0.05, 0) is 19.8 Å². The molecular weight excluding hydrogens is 250 g/mol. The average molecular weight is 273 g/mol. The molecule has 7 heteroatoms. The Morgan fingerprint density at radius 3 is 2.32 bits per heavy atom. The van der Waals surface area contributed by atoms with Gasteiger partial charge in [0, 0.05) is 19.5 Å². The van der Waals surface area contributed by atoms with Crippen molar-refractivity contribution in [3.63, 3.8) is 0 Å². The van der Waals surface area contributed by atoms with Crippen molar-refractivity contribution >= 4 is 17.9 Å². The van der Waals surface area contributed by atoms with Crippen LogP contribution < -0.4 is 11.1 Å². The smallest absolute Gasteiger partial charge is 0.326 e. The quantitative estimate of drug-likeness (QED) is 0.598. The van der Waals surface area contributed by atoms with Gasteiger partial charge in [-0.1, -0.05) is 13.3 Å². The van der Waals surface area contributed by atoms with Gasteiger partial charge in [0.05, 0.1) is 0 Å². The van der Waals surface area contributed by atoms with Crippen molar-refractivity contribution < 1.29 is 19.5 Å². The predicted octanol–water partition coefficient (Wildman–Crippen LogP) is 0.535. The molecule has 4 N–H and O–H groups in total. The summed E-state index contributed by atoms with van der Waals surface area (Å²) in [6.45, 7) is 3.90. The first-order valence-electron chi connectivity index (χ1n) is 6.34. The highest BCUT2D eigenvalue weighted by molar-refractivity contribution is 5.83. The van der Waals surface area contributed by atoms with Crippen molar-refractivity contribution in [2.75, 3.05) is 7.05 Å². The van der Waals surface area contributed by atoms with Crippen LogP contribution in [-0.2, 0) is 9.59 Å². The van der Waals surface area contributed by atoms with Gasteiger partial charge >= 0.3 is 12.0 Å². The summed E-state index contributed by atoms with van der Waals surface area (Å²) in [7, 11) is 1.61. The maximum Gasteiger partial charge on any atom is 0.326 e. The molecule has 0 aromatic heterocycles. The third-order valence-electron chi connectivity index (χ3n) is 2.96. The normalized spacial score (nSPS) is 13.4. The molecule has 0 rings (SSSR count). The molecular formula is C12H23N3O4. The number of primary amides is 1. The Hall–Kier alpha value is -1.79. The van der Waals surface area contributed by atoms with Crippen LogP contribution in [0.25, 0.3) is 0 Å². The van der Waals surface area contributed by atoms with Crippen LogP contribution in [0, 0.1) is 0 Å². The molecule has 0 fully saturated rings. The molecule has 0 aromatic carbocycles. The predicted molar refractivity (Wildman–Crippen MR) is 70.5 cm³/mol. The van der Waals surface area contributed by atoms with E-state index in [2.05, 4.69) is 5.32 Å². The van der Waals surface area contributed by atoms with E-state index >= 15 is 0 Å². The van der Waals surface area contributed by atoms with E-state index in [1.54, 1.807) is 7.05 Å². The first-order chi connectivity index (χ1) is 8.79. The topological polar surface area (TPSA) is 113 Å². The molecule has 0 spiro atoms. The summed E-state index contributed by atoms with van der Waals surface area (Å²) in [5.41, 5.74) is 4.96. The molecule has 2 atom stereocenters. The number of carboxylic acid groups (broad SMARTS) is 1. The lowest BCUT2D eigenvalue weighted by Crippen LogP contribution is -2.49. The standard InChI is InChI=1S/C12H23N3O4/c1-4-5-8(2)15(3)12(19)14-9(11(17)18)6-7-10(13)16/h8-9H,4-7H2,1-3H3,(H2,13,16)(H,14,19)(H,17,18). The van der Waals surface area contributed by atoms with Gasteiger partial charge in [-0.15, -0.1) is 0 Å². The maximum atomic E-state index is 11.9. The van der Waals surface area contributed by atoms with Gasteiger partial charge in [-0.3, -0.25) is 4.79 Å². The van der Waals surface area contributed by atoms with E-state index < -0.39 is 23.9 Å². The van der Waals surface area contributed by atoms with Gasteiger partial charge in [-0.25, -0.2) is 9.59 Å². The van der Waals surface area contributed by atoms with Crippen LogP contribution in [0.3, 0.4) is 0 Å². The Balaban J connectivity index is 4.45. The second kappa shape index (κ2) is 8.34. The van der Waals surface area contributed by atoms with Gasteiger partial charge in [0.25, 0.3) is 0 Å². The molecule has 0 aliphatic rings. The summed E-state index contributed by atoms with van der Waals surface area (Å²) in [5.74, 6) is -1.76. The van der Waals surface area contributed by atoms with Crippen LogP contribution in [-0.4, -0.2) is 47.0 Å². The molecule has 0 saturated heterocycles. The lowest BCUT2D eigenvalue weighted by atomic mass is 10.1. The number of nitrogens with zero attached hydrogens (tertiary/aromatic N) is 1. The zero-order chi connectivity index (χ0) is 15.0. The highest BCUT2D eigenvalue weighted by Gasteiger charge is 2.23. The Bertz CT molecular complexity index is 333. The Morgan fingerprint density at radius 2 is 1.89 bits per heavy atom. The lowest BCUT2D eigenvalue weighted by molar-refractivity contribution is -0.139. The SMILES string of the molecule is CCCC(C)N(C)C(=O)NC(CCC(N)=O)C(=O)O. The first kappa shape index (κ1) is 17.2. The second-order valence-corrected chi connectivity index (χ2v) is 4.59. The minimum Gasteiger partial charge on any atom is -0.480 e. The summed E-state index contributed by atoms with van der Waals surface area (Å²) in [6.07, 6.45) is 1.68. The van der Waals surface area contributed by atoms with Gasteiger partial charge in [0.1, 0.15) is 6.04 Å². The van der Waals surface area contributed by atoms with Crippen molar-refractivity contribution in [1.29, 1.82) is 0 Å². The first-order valence-corrected chi connectivity index (χ1v) is 6.34. The number of aliphatic carboxylic acids is 1. The van der Waals surface area contributed by atoms with E-state index in [4.69, 9.17) is 10.8 Å². The molecule has 19 heavy (non-hydrogen) atoms. The van der Waals surface area contributed by atoms with Crippen molar-refractivity contribution in [3.05, 3.63) is 0 Å². The molecule has 2 unspecified atom stereocenters. The molecule has 7 nitrogen and oxygen atoms in total. The molecule has 0 aliphatic heterocycles. The third kappa shape index (κ3) is 6.64. The van der Waals surface area contributed by atoms with Crippen LogP contribution in [0.4, 0.5) is 4.79 Å². The van der Waals surface area contributed by atoms with Crippen LogP contribution in [0.15, 0.2) is 0 Å². The fourth-order valence-electron chi connectivity index (χ4n) is 1.61. The number of carbonyl (C=O) groups is 3. The number of hydrogen-bond donors (Lipinski definition) is 3. The van der Waals surface area contributed by atoms with E-state index in [-0.39, 0.29) is 18.9 Å². The molecule has 0 aromatic rings. The minimum atomic E-state index is -1.17. The van der Waals surface area contributed by atoms with Gasteiger partial charge in [-0.2, -0.15) is 0 Å². The fourth-order valence-corrected chi connectivity index (χ4v) is 1.61. The maximum absolute atomic E-state index is 11.9. The van der Waals surface area contributed by atoms with Crippen molar-refractivity contribution in [1.82, 2.24) is 10.2 Å². The van der Waals surface area contributed by atoms with E-state index in [9.17, 15) is 14.4 Å². The number of urea groups is 1. The van der Waals surface area contributed by atoms with Crippen molar-refractivity contribution in [2.24, 2.45) is 5.73 Å². The highest BCUT2D eigenvalue weighted by atomic mass is 16.4. The van der Waals surface area contributed by atoms with E-state index in [1.165, 1.54) is 4.90 Å². The number of carboxylic acids is 1. The minimum absolute atomic E-state index is 0.00753. The van der Waals surface area contributed by atoms with E-state index in [1.807, 2.05) is 13.8 Å². The summed E-state index contributed by atoms with van der Waals surface area (Å²) >= 11 is 0. The van der Waals surface area contributed by atoms with Crippen LogP contribution >= 0.6 is 0 Å². The molecule has 3 amide bonds. The van der Waals surface area contributed by atoms with Crippen LogP contribution in [0.2, 0.25) is 0 Å². The van der Waals surface area contributed by atoms with Crippen LogP contribution in [0.5, 0.6) is 0 Å². The zero-order valence-corrected chi connectivity index (χ0v) is 11.7. The number of amides is 3. The largest absolute Gasteiger partial charge is 0.480 e. The molecule has 0 heterocycles. The number of nitrogens with two attached hydrogens (primary N) is 1. The van der Waals surface area contributed by atoms with E-state index in [0.29, 0.717) is 0 Å². The van der Waals surface area contributed by atoms with Crippen LogP contribution in [0.1, 0.15) is 39.5 Å². The molecule has 0 bridgehead atoms. The zero-order valence-electron chi connectivity index (χ0n) is 11.7. The van der Waals surface area contributed by atoms with Crippen molar-refractivity contribution in [2.45, 2.75) is 51.6 Å². The lowest BCUT2D eigenvalue weighted by Gasteiger charge is -2.26. The van der Waals surface area contributed by atoms with Gasteiger partial charge in [0.15, 0.2) is 0 Å². The Morgan fingerprint density at radius 1 is 1.32 bits per heavy atom. The monoisotopic (exact) mass is 273 g/mol. The van der Waals surface area contributed by atoms with Crippen molar-refractivity contribution in [3.8, 4) is 0 Å². The molecule has 110 valence electrons. The Labute approximate surface area is 113 Å². The second-order valence-electron chi connectivity index (χ2n) is 4.59. The average Bonchev–Trinajstić information content (AvgIpc) is 2.32. The Kier molecular flexibility index (Phi) is 7.55. The molecule has 0 saturated carbocycles. The number of nitrogens with one attached hydrogen (secondary N) is 1.